The molecular weight excluding hydrogens is 444 g/mol. The molecule has 1 aliphatic rings. The largest absolute Gasteiger partial charge is 0.481 e. The fourth-order valence-corrected chi connectivity index (χ4v) is 4.28. The highest BCUT2D eigenvalue weighted by atomic mass is 16.5. The van der Waals surface area contributed by atoms with Crippen LogP contribution < -0.4 is 11.5 Å². The molecule has 1 fully saturated rings. The average molecular weight is 491 g/mol. The van der Waals surface area contributed by atoms with Crippen LogP contribution >= 0.6 is 0 Å². The molecule has 0 aromatic carbocycles. The number of aliphatic carboxylic acids is 1. The van der Waals surface area contributed by atoms with Gasteiger partial charge in [-0.1, -0.05) is 73.6 Å². The number of rotatable bonds is 13. The molecule has 0 aromatic rings. The second-order valence-corrected chi connectivity index (χ2v) is 9.91. The van der Waals surface area contributed by atoms with E-state index in [-0.39, 0.29) is 37.0 Å². The minimum atomic E-state index is -0.965. The summed E-state index contributed by atoms with van der Waals surface area (Å²) in [6.07, 6.45) is 15.4. The number of aliphatic hydroxyl groups is 2. The van der Waals surface area contributed by atoms with E-state index < -0.39 is 24.2 Å². The molecule has 0 spiro atoms. The van der Waals surface area contributed by atoms with Crippen LogP contribution in [0.2, 0.25) is 0 Å². The van der Waals surface area contributed by atoms with Gasteiger partial charge in [-0.3, -0.25) is 4.79 Å². The highest BCUT2D eigenvalue weighted by molar-refractivity contribution is 5.67. The molecule has 0 saturated carbocycles. The Morgan fingerprint density at radius 2 is 1.89 bits per heavy atom. The van der Waals surface area contributed by atoms with Crippen molar-refractivity contribution in [3.63, 3.8) is 0 Å². The number of carboxylic acid groups (broad SMARTS) is 1. The Balaban J connectivity index is 2.57. The smallest absolute Gasteiger partial charge is 0.304 e. The summed E-state index contributed by atoms with van der Waals surface area (Å²) in [4.78, 5) is 10.7. The summed E-state index contributed by atoms with van der Waals surface area (Å²) >= 11 is 0. The van der Waals surface area contributed by atoms with E-state index in [1.54, 1.807) is 6.08 Å². The van der Waals surface area contributed by atoms with Gasteiger partial charge in [0.15, 0.2) is 0 Å². The minimum Gasteiger partial charge on any atom is -0.481 e. The van der Waals surface area contributed by atoms with E-state index in [0.717, 1.165) is 12.0 Å². The van der Waals surface area contributed by atoms with Crippen molar-refractivity contribution in [3.05, 3.63) is 59.8 Å². The highest BCUT2D eigenvalue weighted by Gasteiger charge is 2.35. The van der Waals surface area contributed by atoms with Crippen LogP contribution in [0.15, 0.2) is 59.8 Å². The zero-order valence-electron chi connectivity index (χ0n) is 21.9. The Hall–Kier alpha value is -2.03. The summed E-state index contributed by atoms with van der Waals surface area (Å²) in [5, 5.41) is 29.1. The van der Waals surface area contributed by atoms with Gasteiger partial charge < -0.3 is 31.5 Å². The number of hydrogen-bond acceptors (Lipinski definition) is 6. The Bertz CT molecular complexity index is 801. The van der Waals surface area contributed by atoms with Gasteiger partial charge in [0.05, 0.1) is 30.8 Å². The first-order valence-electron chi connectivity index (χ1n) is 12.5. The predicted octanol–water partition coefficient (Wildman–Crippen LogP) is 3.63. The lowest BCUT2D eigenvalue weighted by Crippen LogP contribution is -2.48. The standard InChI is InChI=1S/C28H46N2O5/c1-6-8-26-21(5)25(32)17-27(35-26)24(30)10-7-9-18(2)13-20(4)14-19(3)11-12-23(31)15-22(29)16-28(33)34/h6-12,14,20-27,31-32H,13,15-17,29-30H2,1-5H3,(H,33,34)/b8-6+,10-7+,12-11+,18-9+,19-14-/t20-,21+,22?,23+,24+,25-,26+,27+/m1/s1. The monoisotopic (exact) mass is 490 g/mol. The molecule has 198 valence electrons. The summed E-state index contributed by atoms with van der Waals surface area (Å²) in [6.45, 7) is 10.1. The summed E-state index contributed by atoms with van der Waals surface area (Å²) in [6, 6.07) is -0.870. The van der Waals surface area contributed by atoms with Crippen molar-refractivity contribution < 1.29 is 24.9 Å². The number of allylic oxidation sites excluding steroid dienone is 7. The second-order valence-electron chi connectivity index (χ2n) is 9.91. The third-order valence-corrected chi connectivity index (χ3v) is 6.21. The topological polar surface area (TPSA) is 139 Å². The van der Waals surface area contributed by atoms with Gasteiger partial charge in [-0.15, -0.1) is 0 Å². The van der Waals surface area contributed by atoms with Crippen LogP contribution in [-0.2, 0) is 9.53 Å². The number of ether oxygens (including phenoxy) is 1. The van der Waals surface area contributed by atoms with Crippen LogP contribution in [0.3, 0.4) is 0 Å². The molecule has 0 aromatic heterocycles. The lowest BCUT2D eigenvalue weighted by atomic mass is 9.88. The lowest BCUT2D eigenvalue weighted by Gasteiger charge is -2.38. The van der Waals surface area contributed by atoms with Crippen molar-refractivity contribution in [1.82, 2.24) is 0 Å². The molecule has 8 atom stereocenters. The molecule has 0 amide bonds. The van der Waals surface area contributed by atoms with Crippen LogP contribution in [0.4, 0.5) is 0 Å². The van der Waals surface area contributed by atoms with Gasteiger partial charge in [-0.25, -0.2) is 0 Å². The number of aliphatic hydroxyl groups excluding tert-OH is 2. The van der Waals surface area contributed by atoms with Crippen molar-refractivity contribution >= 4 is 5.97 Å². The van der Waals surface area contributed by atoms with Crippen LogP contribution in [0.1, 0.15) is 60.3 Å². The number of carbonyl (C=O) groups is 1. The fourth-order valence-electron chi connectivity index (χ4n) is 4.28. The summed E-state index contributed by atoms with van der Waals surface area (Å²) in [5.41, 5.74) is 14.3. The van der Waals surface area contributed by atoms with Crippen molar-refractivity contribution in [2.24, 2.45) is 23.3 Å². The molecule has 0 aliphatic carbocycles. The molecule has 1 aliphatic heterocycles. The molecule has 1 rings (SSSR count). The quantitative estimate of drug-likeness (QED) is 0.196. The van der Waals surface area contributed by atoms with E-state index in [0.29, 0.717) is 12.3 Å². The maximum absolute atomic E-state index is 10.7. The van der Waals surface area contributed by atoms with Crippen molar-refractivity contribution in [1.29, 1.82) is 0 Å². The zero-order valence-corrected chi connectivity index (χ0v) is 21.9. The molecular formula is C28H46N2O5. The van der Waals surface area contributed by atoms with E-state index in [1.165, 1.54) is 5.57 Å². The van der Waals surface area contributed by atoms with E-state index in [2.05, 4.69) is 19.9 Å². The summed E-state index contributed by atoms with van der Waals surface area (Å²) in [7, 11) is 0. The SMILES string of the molecule is C/C=C/[C@@H]1O[C@H]([C@@H](N)/C=C/C=C(\C)C[C@@H](C)/C=C(C)\C=C\[C@H](O)CC(N)CC(=O)O)C[C@@H](O)[C@@H]1C. The van der Waals surface area contributed by atoms with Gasteiger partial charge in [0.25, 0.3) is 0 Å². The van der Waals surface area contributed by atoms with Gasteiger partial charge in [-0.05, 0) is 39.5 Å². The van der Waals surface area contributed by atoms with Gasteiger partial charge >= 0.3 is 5.97 Å². The van der Waals surface area contributed by atoms with E-state index in [1.807, 2.05) is 57.2 Å². The molecule has 1 saturated heterocycles. The van der Waals surface area contributed by atoms with Crippen LogP contribution in [0.5, 0.6) is 0 Å². The molecule has 1 unspecified atom stereocenters. The first-order valence-corrected chi connectivity index (χ1v) is 12.5. The first kappa shape index (κ1) is 31.0. The number of hydrogen-bond donors (Lipinski definition) is 5. The third kappa shape index (κ3) is 12.5. The van der Waals surface area contributed by atoms with Gasteiger partial charge in [0.2, 0.25) is 0 Å². The minimum absolute atomic E-state index is 0.0476. The molecule has 7 N–H and O–H groups in total. The number of carboxylic acids is 1. The zero-order chi connectivity index (χ0) is 26.5. The fraction of sp³-hybridized carbons (Fsp3) is 0.607. The number of nitrogens with two attached hydrogens (primary N) is 2. The van der Waals surface area contributed by atoms with E-state index in [4.69, 9.17) is 21.3 Å². The Morgan fingerprint density at radius 3 is 2.51 bits per heavy atom. The maximum atomic E-state index is 10.7. The van der Waals surface area contributed by atoms with E-state index >= 15 is 0 Å². The summed E-state index contributed by atoms with van der Waals surface area (Å²) in [5.74, 6) is -0.622. The van der Waals surface area contributed by atoms with Crippen LogP contribution in [0, 0.1) is 11.8 Å². The molecule has 7 nitrogen and oxygen atoms in total. The van der Waals surface area contributed by atoms with Crippen molar-refractivity contribution in [3.8, 4) is 0 Å². The Labute approximate surface area is 210 Å². The van der Waals surface area contributed by atoms with Gasteiger partial charge in [0.1, 0.15) is 0 Å². The van der Waals surface area contributed by atoms with E-state index in [9.17, 15) is 15.0 Å². The lowest BCUT2D eigenvalue weighted by molar-refractivity contribution is -0.137. The molecule has 0 radical (unpaired) electrons. The maximum Gasteiger partial charge on any atom is 0.304 e. The average Bonchev–Trinajstić information content (AvgIpc) is 2.74. The second kappa shape index (κ2) is 15.9. The molecule has 35 heavy (non-hydrogen) atoms. The van der Waals surface area contributed by atoms with Gasteiger partial charge in [0, 0.05) is 24.4 Å². The Morgan fingerprint density at radius 1 is 1.20 bits per heavy atom. The normalized spacial score (nSPS) is 28.0. The van der Waals surface area contributed by atoms with Crippen LogP contribution in [-0.4, -0.2) is 57.8 Å². The predicted molar refractivity (Wildman–Crippen MR) is 142 cm³/mol. The van der Waals surface area contributed by atoms with Crippen LogP contribution in [0.25, 0.3) is 0 Å². The first-order chi connectivity index (χ1) is 16.4. The highest BCUT2D eigenvalue weighted by Crippen LogP contribution is 2.28. The van der Waals surface area contributed by atoms with Crippen molar-refractivity contribution in [2.75, 3.05) is 0 Å². The van der Waals surface area contributed by atoms with Gasteiger partial charge in [-0.2, -0.15) is 0 Å². The summed E-state index contributed by atoms with van der Waals surface area (Å²) < 4.78 is 6.11. The molecule has 7 heteroatoms. The third-order valence-electron chi connectivity index (χ3n) is 6.21. The molecule has 0 bridgehead atoms. The Kier molecular flexibility index (Phi) is 14.0. The molecule has 1 heterocycles. The van der Waals surface area contributed by atoms with Crippen molar-refractivity contribution in [2.45, 2.75) is 96.8 Å².